The number of rotatable bonds is 5. The van der Waals surface area contributed by atoms with Gasteiger partial charge in [0.15, 0.2) is 0 Å². The zero-order chi connectivity index (χ0) is 7.98. The molecule has 3 nitrogen and oxygen atoms in total. The first-order valence-electron chi connectivity index (χ1n) is 3.59. The fourth-order valence-corrected chi connectivity index (χ4v) is 0.621. The predicted octanol–water partition coefficient (Wildman–Crippen LogP) is 1.19. The molecule has 0 spiro atoms. The summed E-state index contributed by atoms with van der Waals surface area (Å²) < 4.78 is 0. The third kappa shape index (κ3) is 4.32. The van der Waals surface area contributed by atoms with Gasteiger partial charge in [-0.3, -0.25) is 9.63 Å². The van der Waals surface area contributed by atoms with Crippen molar-refractivity contribution in [3.05, 3.63) is 0 Å². The Hall–Kier alpha value is -0.570. The molecule has 0 aliphatic rings. The van der Waals surface area contributed by atoms with E-state index in [2.05, 4.69) is 0 Å². The lowest BCUT2D eigenvalue weighted by Gasteiger charge is -2.17. The van der Waals surface area contributed by atoms with Crippen LogP contribution >= 0.6 is 0 Å². The van der Waals surface area contributed by atoms with Crippen molar-refractivity contribution < 1.29 is 9.63 Å². The largest absolute Gasteiger partial charge is 0.276 e. The van der Waals surface area contributed by atoms with E-state index >= 15 is 0 Å². The summed E-state index contributed by atoms with van der Waals surface area (Å²) in [5, 5.41) is 1.32. The van der Waals surface area contributed by atoms with Gasteiger partial charge in [0.25, 0.3) is 0 Å². The van der Waals surface area contributed by atoms with Crippen LogP contribution in [0.1, 0.15) is 27.2 Å². The molecule has 0 aliphatic carbocycles. The number of carbonyl (C=O) groups is 1. The maximum Gasteiger partial charge on any atom is 0.233 e. The van der Waals surface area contributed by atoms with Crippen LogP contribution < -0.4 is 0 Å². The molecule has 0 N–H and O–H groups in total. The van der Waals surface area contributed by atoms with Gasteiger partial charge in [0.2, 0.25) is 6.41 Å². The van der Waals surface area contributed by atoms with E-state index in [1.165, 1.54) is 5.06 Å². The summed E-state index contributed by atoms with van der Waals surface area (Å²) in [6, 6.07) is 0. The van der Waals surface area contributed by atoms with Gasteiger partial charge in [-0.1, -0.05) is 6.92 Å². The SMILES string of the molecule is CCCN(C=O)OC(C)C. The van der Waals surface area contributed by atoms with Gasteiger partial charge in [0.1, 0.15) is 0 Å². The second kappa shape index (κ2) is 5.23. The van der Waals surface area contributed by atoms with Crippen LogP contribution in [0.25, 0.3) is 0 Å². The molecule has 0 aromatic carbocycles. The van der Waals surface area contributed by atoms with Gasteiger partial charge in [-0.25, -0.2) is 5.06 Å². The molecular weight excluding hydrogens is 130 g/mol. The Morgan fingerprint density at radius 2 is 2.20 bits per heavy atom. The van der Waals surface area contributed by atoms with Gasteiger partial charge in [-0.05, 0) is 20.3 Å². The number of carbonyl (C=O) groups excluding carboxylic acids is 1. The Labute approximate surface area is 61.9 Å². The average Bonchev–Trinajstić information content (AvgIpc) is 1.86. The molecule has 10 heavy (non-hydrogen) atoms. The second-order valence-electron chi connectivity index (χ2n) is 2.40. The molecule has 0 bridgehead atoms. The molecule has 0 atom stereocenters. The van der Waals surface area contributed by atoms with E-state index in [4.69, 9.17) is 4.84 Å². The van der Waals surface area contributed by atoms with Crippen molar-refractivity contribution >= 4 is 6.41 Å². The fraction of sp³-hybridized carbons (Fsp3) is 0.857. The smallest absolute Gasteiger partial charge is 0.233 e. The molecular formula is C7H15NO2. The van der Waals surface area contributed by atoms with E-state index in [9.17, 15) is 4.79 Å². The van der Waals surface area contributed by atoms with E-state index in [1.807, 2.05) is 20.8 Å². The van der Waals surface area contributed by atoms with E-state index in [0.29, 0.717) is 13.0 Å². The van der Waals surface area contributed by atoms with Gasteiger partial charge in [-0.15, -0.1) is 0 Å². The first-order chi connectivity index (χ1) is 4.70. The summed E-state index contributed by atoms with van der Waals surface area (Å²) in [5.41, 5.74) is 0. The molecule has 0 radical (unpaired) electrons. The summed E-state index contributed by atoms with van der Waals surface area (Å²) in [4.78, 5) is 15.3. The standard InChI is InChI=1S/C7H15NO2/c1-4-5-8(6-9)10-7(2)3/h6-7H,4-5H2,1-3H3. The highest BCUT2D eigenvalue weighted by molar-refractivity contribution is 5.44. The van der Waals surface area contributed by atoms with E-state index < -0.39 is 0 Å². The van der Waals surface area contributed by atoms with Crippen LogP contribution in [0.3, 0.4) is 0 Å². The fourth-order valence-electron chi connectivity index (χ4n) is 0.621. The quantitative estimate of drug-likeness (QED) is 0.429. The summed E-state index contributed by atoms with van der Waals surface area (Å²) in [6.45, 7) is 6.46. The van der Waals surface area contributed by atoms with Crippen LogP contribution in [-0.2, 0) is 9.63 Å². The molecule has 0 aromatic rings. The van der Waals surface area contributed by atoms with E-state index in [0.717, 1.165) is 6.42 Å². The van der Waals surface area contributed by atoms with Crippen molar-refractivity contribution in [2.45, 2.75) is 33.3 Å². The van der Waals surface area contributed by atoms with Crippen LogP contribution in [0.5, 0.6) is 0 Å². The summed E-state index contributed by atoms with van der Waals surface area (Å²) in [5.74, 6) is 0. The molecule has 0 aromatic heterocycles. The molecule has 0 saturated carbocycles. The van der Waals surface area contributed by atoms with Crippen LogP contribution in [0.4, 0.5) is 0 Å². The van der Waals surface area contributed by atoms with Crippen molar-refractivity contribution in [2.24, 2.45) is 0 Å². The third-order valence-corrected chi connectivity index (χ3v) is 0.908. The van der Waals surface area contributed by atoms with Gasteiger partial charge in [0, 0.05) is 6.54 Å². The highest BCUT2D eigenvalue weighted by Gasteiger charge is 2.01. The van der Waals surface area contributed by atoms with Gasteiger partial charge >= 0.3 is 0 Å². The minimum atomic E-state index is 0.0803. The second-order valence-corrected chi connectivity index (χ2v) is 2.40. The zero-order valence-electron chi connectivity index (χ0n) is 6.83. The predicted molar refractivity (Wildman–Crippen MR) is 39.3 cm³/mol. The van der Waals surface area contributed by atoms with E-state index in [1.54, 1.807) is 0 Å². The average molecular weight is 145 g/mol. The summed E-state index contributed by atoms with van der Waals surface area (Å²) in [6.07, 6.45) is 1.71. The molecule has 0 rings (SSSR count). The van der Waals surface area contributed by atoms with Crippen LogP contribution in [0.15, 0.2) is 0 Å². The number of amides is 1. The van der Waals surface area contributed by atoms with E-state index in [-0.39, 0.29) is 6.10 Å². The monoisotopic (exact) mass is 145 g/mol. The Morgan fingerprint density at radius 1 is 1.60 bits per heavy atom. The highest BCUT2D eigenvalue weighted by Crippen LogP contribution is 1.94. The Balaban J connectivity index is 3.49. The minimum Gasteiger partial charge on any atom is -0.276 e. The third-order valence-electron chi connectivity index (χ3n) is 0.908. The lowest BCUT2D eigenvalue weighted by atomic mass is 10.5. The van der Waals surface area contributed by atoms with Crippen LogP contribution in [-0.4, -0.2) is 24.1 Å². The Bertz CT molecular complexity index is 93.6. The Kier molecular flexibility index (Phi) is 4.94. The molecule has 0 heterocycles. The van der Waals surface area contributed by atoms with Crippen molar-refractivity contribution in [1.29, 1.82) is 0 Å². The number of nitrogens with zero attached hydrogens (tertiary/aromatic N) is 1. The van der Waals surface area contributed by atoms with Crippen molar-refractivity contribution in [2.75, 3.05) is 6.54 Å². The number of hydroxylamine groups is 2. The van der Waals surface area contributed by atoms with Gasteiger partial charge < -0.3 is 0 Å². The summed E-state index contributed by atoms with van der Waals surface area (Å²) >= 11 is 0. The minimum absolute atomic E-state index is 0.0803. The zero-order valence-corrected chi connectivity index (χ0v) is 6.83. The lowest BCUT2D eigenvalue weighted by Crippen LogP contribution is -2.26. The van der Waals surface area contributed by atoms with Crippen molar-refractivity contribution in [3.8, 4) is 0 Å². The van der Waals surface area contributed by atoms with Gasteiger partial charge in [0.05, 0.1) is 6.10 Å². The molecule has 1 amide bonds. The molecule has 3 heteroatoms. The first-order valence-corrected chi connectivity index (χ1v) is 3.59. The number of hydrogen-bond acceptors (Lipinski definition) is 2. The molecule has 0 unspecified atom stereocenters. The molecule has 0 aliphatic heterocycles. The highest BCUT2D eigenvalue weighted by atomic mass is 16.7. The van der Waals surface area contributed by atoms with Crippen LogP contribution in [0, 0.1) is 0 Å². The Morgan fingerprint density at radius 3 is 2.50 bits per heavy atom. The maximum atomic E-state index is 10.2. The molecule has 0 saturated heterocycles. The normalized spacial score (nSPS) is 10.0. The van der Waals surface area contributed by atoms with Crippen LogP contribution in [0.2, 0.25) is 0 Å². The van der Waals surface area contributed by atoms with Crippen molar-refractivity contribution in [3.63, 3.8) is 0 Å². The van der Waals surface area contributed by atoms with Crippen molar-refractivity contribution in [1.82, 2.24) is 5.06 Å². The lowest BCUT2D eigenvalue weighted by molar-refractivity contribution is -0.187. The number of hydrogen-bond donors (Lipinski definition) is 0. The van der Waals surface area contributed by atoms with Gasteiger partial charge in [-0.2, -0.15) is 0 Å². The molecule has 0 fully saturated rings. The summed E-state index contributed by atoms with van der Waals surface area (Å²) in [7, 11) is 0. The maximum absolute atomic E-state index is 10.2. The topological polar surface area (TPSA) is 29.5 Å². The first kappa shape index (κ1) is 9.43. The molecule has 60 valence electrons.